The van der Waals surface area contributed by atoms with Crippen LogP contribution in [-0.4, -0.2) is 36.3 Å². The minimum Gasteiger partial charge on any atom is -0.354 e. The highest BCUT2D eigenvalue weighted by Crippen LogP contribution is 2.05. The van der Waals surface area contributed by atoms with Gasteiger partial charge in [-0.25, -0.2) is 0 Å². The lowest BCUT2D eigenvalue weighted by atomic mass is 10.1. The highest BCUT2D eigenvalue weighted by atomic mass is 16.2. The van der Waals surface area contributed by atoms with Crippen molar-refractivity contribution < 1.29 is 9.59 Å². The van der Waals surface area contributed by atoms with Crippen molar-refractivity contribution in [2.24, 2.45) is 11.8 Å². The molecular weight excluding hydrogens is 252 g/mol. The van der Waals surface area contributed by atoms with Gasteiger partial charge in [0.2, 0.25) is 11.8 Å². The first-order valence-corrected chi connectivity index (χ1v) is 7.91. The Hall–Kier alpha value is -1.06. The van der Waals surface area contributed by atoms with Crippen molar-refractivity contribution in [1.82, 2.24) is 10.2 Å². The van der Waals surface area contributed by atoms with Gasteiger partial charge in [0.15, 0.2) is 0 Å². The summed E-state index contributed by atoms with van der Waals surface area (Å²) in [7, 11) is 0. The first kappa shape index (κ1) is 18.9. The van der Waals surface area contributed by atoms with E-state index in [1.807, 2.05) is 18.7 Å². The molecule has 1 N–H and O–H groups in total. The van der Waals surface area contributed by atoms with Crippen molar-refractivity contribution in [3.05, 3.63) is 0 Å². The number of unbranched alkanes of at least 4 members (excludes halogenated alkanes) is 1. The molecule has 0 aromatic rings. The van der Waals surface area contributed by atoms with E-state index >= 15 is 0 Å². The molecule has 0 fully saturated rings. The van der Waals surface area contributed by atoms with Crippen molar-refractivity contribution in [2.75, 3.05) is 19.6 Å². The van der Waals surface area contributed by atoms with Crippen molar-refractivity contribution in [1.29, 1.82) is 0 Å². The van der Waals surface area contributed by atoms with Crippen LogP contribution in [0.3, 0.4) is 0 Å². The summed E-state index contributed by atoms with van der Waals surface area (Å²) in [5.41, 5.74) is 0. The molecule has 4 heteroatoms. The Labute approximate surface area is 124 Å². The maximum Gasteiger partial charge on any atom is 0.222 e. The van der Waals surface area contributed by atoms with E-state index in [1.165, 1.54) is 0 Å². The molecule has 0 aromatic heterocycles. The maximum atomic E-state index is 12.1. The number of hydrogen-bond donors (Lipinski definition) is 1. The van der Waals surface area contributed by atoms with E-state index < -0.39 is 0 Å². The van der Waals surface area contributed by atoms with Crippen molar-refractivity contribution in [2.45, 2.75) is 60.3 Å². The van der Waals surface area contributed by atoms with Crippen LogP contribution < -0.4 is 5.32 Å². The normalized spacial score (nSPS) is 10.9. The van der Waals surface area contributed by atoms with Crippen LogP contribution in [0.5, 0.6) is 0 Å². The number of rotatable bonds is 10. The van der Waals surface area contributed by atoms with E-state index in [-0.39, 0.29) is 11.8 Å². The van der Waals surface area contributed by atoms with Crippen LogP contribution >= 0.6 is 0 Å². The molecule has 20 heavy (non-hydrogen) atoms. The van der Waals surface area contributed by atoms with Gasteiger partial charge in [0, 0.05) is 32.5 Å². The van der Waals surface area contributed by atoms with Crippen molar-refractivity contribution >= 4 is 11.8 Å². The summed E-state index contributed by atoms with van der Waals surface area (Å²) >= 11 is 0. The minimum atomic E-state index is 0.0757. The molecule has 0 unspecified atom stereocenters. The molecule has 0 rings (SSSR count). The van der Waals surface area contributed by atoms with Gasteiger partial charge in [-0.1, -0.05) is 41.0 Å². The van der Waals surface area contributed by atoms with Crippen LogP contribution in [0.4, 0.5) is 0 Å². The molecule has 118 valence electrons. The topological polar surface area (TPSA) is 49.4 Å². The van der Waals surface area contributed by atoms with Gasteiger partial charge < -0.3 is 10.2 Å². The maximum absolute atomic E-state index is 12.1. The Kier molecular flexibility index (Phi) is 10.1. The number of nitrogens with zero attached hydrogens (tertiary/aromatic N) is 1. The van der Waals surface area contributed by atoms with Crippen LogP contribution in [0, 0.1) is 11.8 Å². The van der Waals surface area contributed by atoms with E-state index in [4.69, 9.17) is 0 Å². The van der Waals surface area contributed by atoms with Gasteiger partial charge >= 0.3 is 0 Å². The smallest absolute Gasteiger partial charge is 0.222 e. The first-order chi connectivity index (χ1) is 9.36. The molecule has 0 saturated heterocycles. The number of carbonyl (C=O) groups is 2. The second kappa shape index (κ2) is 10.7. The summed E-state index contributed by atoms with van der Waals surface area (Å²) in [6.07, 6.45) is 3.23. The molecule has 0 atom stereocenters. The van der Waals surface area contributed by atoms with Crippen LogP contribution in [0.15, 0.2) is 0 Å². The van der Waals surface area contributed by atoms with E-state index in [0.29, 0.717) is 37.8 Å². The molecule has 0 bridgehead atoms. The van der Waals surface area contributed by atoms with Gasteiger partial charge in [-0.15, -0.1) is 0 Å². The third kappa shape index (κ3) is 9.82. The van der Waals surface area contributed by atoms with E-state index in [1.54, 1.807) is 0 Å². The highest BCUT2D eigenvalue weighted by Gasteiger charge is 2.14. The third-order valence-corrected chi connectivity index (χ3v) is 3.01. The predicted molar refractivity (Wildman–Crippen MR) is 83.4 cm³/mol. The molecule has 0 radical (unpaired) electrons. The Morgan fingerprint density at radius 3 is 2.10 bits per heavy atom. The summed E-state index contributed by atoms with van der Waals surface area (Å²) < 4.78 is 0. The minimum absolute atomic E-state index is 0.0757. The van der Waals surface area contributed by atoms with E-state index in [0.717, 1.165) is 19.4 Å². The van der Waals surface area contributed by atoms with E-state index in [9.17, 15) is 9.59 Å². The lowest BCUT2D eigenvalue weighted by Crippen LogP contribution is -2.39. The summed E-state index contributed by atoms with van der Waals surface area (Å²) in [5, 5.41) is 2.90. The number of nitrogens with one attached hydrogen (secondary N) is 1. The zero-order valence-corrected chi connectivity index (χ0v) is 13.9. The second-order valence-electron chi connectivity index (χ2n) is 6.28. The van der Waals surface area contributed by atoms with Gasteiger partial charge in [0.25, 0.3) is 0 Å². The fraction of sp³-hybridized carbons (Fsp3) is 0.875. The zero-order valence-electron chi connectivity index (χ0n) is 13.9. The summed E-state index contributed by atoms with van der Waals surface area (Å²) in [6, 6.07) is 0. The average molecular weight is 284 g/mol. The summed E-state index contributed by atoms with van der Waals surface area (Å²) in [5.74, 6) is 1.02. The lowest BCUT2D eigenvalue weighted by molar-refractivity contribution is -0.132. The predicted octanol–water partition coefficient (Wildman–Crippen LogP) is 2.82. The fourth-order valence-corrected chi connectivity index (χ4v) is 1.96. The van der Waals surface area contributed by atoms with E-state index in [2.05, 4.69) is 26.1 Å². The van der Waals surface area contributed by atoms with Crippen LogP contribution in [0.1, 0.15) is 60.3 Å². The molecule has 2 amide bonds. The molecular formula is C16H32N2O2. The largest absolute Gasteiger partial charge is 0.354 e. The molecule has 0 aliphatic rings. The SMILES string of the molecule is CCCCN(CCNC(=O)CC(C)C)C(=O)CC(C)C. The quantitative estimate of drug-likeness (QED) is 0.670. The monoisotopic (exact) mass is 284 g/mol. The Morgan fingerprint density at radius 2 is 1.60 bits per heavy atom. The van der Waals surface area contributed by atoms with Crippen molar-refractivity contribution in [3.8, 4) is 0 Å². The second-order valence-corrected chi connectivity index (χ2v) is 6.28. The summed E-state index contributed by atoms with van der Waals surface area (Å²) in [6.45, 7) is 12.3. The average Bonchev–Trinajstić information content (AvgIpc) is 2.31. The highest BCUT2D eigenvalue weighted by molar-refractivity contribution is 5.77. The molecule has 0 spiro atoms. The molecule has 0 heterocycles. The molecule has 0 aliphatic carbocycles. The first-order valence-electron chi connectivity index (χ1n) is 7.91. The lowest BCUT2D eigenvalue weighted by Gasteiger charge is -2.23. The standard InChI is InChI=1S/C16H32N2O2/c1-6-7-9-18(16(20)12-14(4)5)10-8-17-15(19)11-13(2)3/h13-14H,6-12H2,1-5H3,(H,17,19). The van der Waals surface area contributed by atoms with Crippen LogP contribution in [0.25, 0.3) is 0 Å². The van der Waals surface area contributed by atoms with Gasteiger partial charge in [-0.05, 0) is 18.3 Å². The Bertz CT molecular complexity index is 288. The van der Waals surface area contributed by atoms with Crippen molar-refractivity contribution in [3.63, 3.8) is 0 Å². The fourth-order valence-electron chi connectivity index (χ4n) is 1.96. The molecule has 0 saturated carbocycles. The Balaban J connectivity index is 4.15. The molecule has 0 aromatic carbocycles. The Morgan fingerprint density at radius 1 is 1.00 bits per heavy atom. The summed E-state index contributed by atoms with van der Waals surface area (Å²) in [4.78, 5) is 25.6. The van der Waals surface area contributed by atoms with Gasteiger partial charge in [0.05, 0.1) is 0 Å². The van der Waals surface area contributed by atoms with Crippen LogP contribution in [-0.2, 0) is 9.59 Å². The number of carbonyl (C=O) groups excluding carboxylic acids is 2. The number of hydrogen-bond acceptors (Lipinski definition) is 2. The van der Waals surface area contributed by atoms with Gasteiger partial charge in [0.1, 0.15) is 0 Å². The molecule has 0 aliphatic heterocycles. The van der Waals surface area contributed by atoms with Crippen LogP contribution in [0.2, 0.25) is 0 Å². The number of amides is 2. The third-order valence-electron chi connectivity index (χ3n) is 3.01. The molecule has 4 nitrogen and oxygen atoms in total. The zero-order chi connectivity index (χ0) is 15.5. The van der Waals surface area contributed by atoms with Gasteiger partial charge in [-0.2, -0.15) is 0 Å². The van der Waals surface area contributed by atoms with Gasteiger partial charge in [-0.3, -0.25) is 9.59 Å².